The van der Waals surface area contributed by atoms with E-state index < -0.39 is 0 Å². The summed E-state index contributed by atoms with van der Waals surface area (Å²) in [5, 5.41) is 0. The van der Waals surface area contributed by atoms with Gasteiger partial charge in [0.2, 0.25) is 0 Å². The van der Waals surface area contributed by atoms with Crippen LogP contribution in [0.25, 0.3) is 0 Å². The van der Waals surface area contributed by atoms with Crippen molar-refractivity contribution in [3.05, 3.63) is 12.4 Å². The monoisotopic (exact) mass is 198 g/mol. The molecule has 14 heavy (non-hydrogen) atoms. The molecule has 0 aliphatic carbocycles. The van der Waals surface area contributed by atoms with Gasteiger partial charge in [-0.1, -0.05) is 13.3 Å². The van der Waals surface area contributed by atoms with Gasteiger partial charge in [-0.25, -0.2) is 0 Å². The van der Waals surface area contributed by atoms with Crippen LogP contribution in [0.4, 0.5) is 0 Å². The van der Waals surface area contributed by atoms with Gasteiger partial charge in [0, 0.05) is 32.1 Å². The fraction of sp³-hybridized carbons (Fsp3) is 0.818. The van der Waals surface area contributed by atoms with E-state index in [0.29, 0.717) is 0 Å². The highest BCUT2D eigenvalue weighted by Crippen LogP contribution is 2.07. The van der Waals surface area contributed by atoms with Crippen LogP contribution in [0.2, 0.25) is 0 Å². The van der Waals surface area contributed by atoms with Crippen molar-refractivity contribution in [2.75, 3.05) is 33.0 Å². The smallest absolute Gasteiger partial charge is 0.0894 e. The molecular formula is C11H22N2O. The number of hydrogen-bond acceptors (Lipinski definition) is 3. The molecule has 0 atom stereocenters. The van der Waals surface area contributed by atoms with E-state index in [1.165, 1.54) is 19.4 Å². The second-order valence-corrected chi connectivity index (χ2v) is 3.61. The van der Waals surface area contributed by atoms with E-state index in [0.717, 1.165) is 26.4 Å². The highest BCUT2D eigenvalue weighted by atomic mass is 16.5. The van der Waals surface area contributed by atoms with Gasteiger partial charge < -0.3 is 14.5 Å². The molecule has 0 saturated heterocycles. The minimum atomic E-state index is 0.817. The standard InChI is InChI=1S/C11H22N2O/c1-3-5-6-12-7-8-13(11-12)9-10-14-4-2/h7-8H,3-6,9-11H2,1-2H3. The first-order valence-electron chi connectivity index (χ1n) is 5.61. The van der Waals surface area contributed by atoms with Crippen molar-refractivity contribution in [1.29, 1.82) is 0 Å². The van der Waals surface area contributed by atoms with Crippen LogP contribution in [0.1, 0.15) is 26.7 Å². The van der Waals surface area contributed by atoms with Crippen LogP contribution in [0.5, 0.6) is 0 Å². The Balaban J connectivity index is 2.06. The van der Waals surface area contributed by atoms with Crippen molar-refractivity contribution in [2.24, 2.45) is 0 Å². The molecule has 0 saturated carbocycles. The Morgan fingerprint density at radius 3 is 2.50 bits per heavy atom. The fourth-order valence-corrected chi connectivity index (χ4v) is 1.49. The second kappa shape index (κ2) is 6.71. The first-order chi connectivity index (χ1) is 6.86. The molecule has 0 bridgehead atoms. The lowest BCUT2D eigenvalue weighted by atomic mass is 10.3. The average molecular weight is 198 g/mol. The molecule has 3 nitrogen and oxygen atoms in total. The Hall–Kier alpha value is -0.700. The van der Waals surface area contributed by atoms with Gasteiger partial charge >= 0.3 is 0 Å². The Kier molecular flexibility index (Phi) is 5.45. The lowest BCUT2D eigenvalue weighted by Gasteiger charge is -2.20. The SMILES string of the molecule is CCCCN1C=CN(CCOCC)C1. The Morgan fingerprint density at radius 2 is 1.86 bits per heavy atom. The number of hydrogen-bond donors (Lipinski definition) is 0. The quantitative estimate of drug-likeness (QED) is 0.581. The molecule has 0 aromatic heterocycles. The van der Waals surface area contributed by atoms with Crippen LogP contribution < -0.4 is 0 Å². The third-order valence-corrected chi connectivity index (χ3v) is 2.38. The second-order valence-electron chi connectivity index (χ2n) is 3.61. The molecular weight excluding hydrogens is 176 g/mol. The predicted molar refractivity (Wildman–Crippen MR) is 58.8 cm³/mol. The Bertz CT molecular complexity index is 171. The zero-order chi connectivity index (χ0) is 10.2. The van der Waals surface area contributed by atoms with Gasteiger partial charge in [-0.05, 0) is 13.3 Å². The minimum Gasteiger partial charge on any atom is -0.380 e. The first kappa shape index (κ1) is 11.4. The highest BCUT2D eigenvalue weighted by molar-refractivity contribution is 4.90. The summed E-state index contributed by atoms with van der Waals surface area (Å²) in [4.78, 5) is 4.65. The van der Waals surface area contributed by atoms with E-state index in [-0.39, 0.29) is 0 Å². The molecule has 0 fully saturated rings. The molecule has 1 heterocycles. The summed E-state index contributed by atoms with van der Waals surface area (Å²) >= 11 is 0. The molecule has 3 heteroatoms. The Labute approximate surface area is 87.3 Å². The molecule has 0 unspecified atom stereocenters. The van der Waals surface area contributed by atoms with Crippen molar-refractivity contribution >= 4 is 0 Å². The summed E-state index contributed by atoms with van der Waals surface area (Å²) in [6.45, 7) is 9.14. The average Bonchev–Trinajstić information content (AvgIpc) is 2.63. The number of rotatable bonds is 7. The van der Waals surface area contributed by atoms with Crippen molar-refractivity contribution < 1.29 is 4.74 Å². The minimum absolute atomic E-state index is 0.817. The van der Waals surface area contributed by atoms with Crippen molar-refractivity contribution in [3.8, 4) is 0 Å². The van der Waals surface area contributed by atoms with Crippen molar-refractivity contribution in [1.82, 2.24) is 9.80 Å². The van der Waals surface area contributed by atoms with E-state index in [9.17, 15) is 0 Å². The van der Waals surface area contributed by atoms with Crippen LogP contribution >= 0.6 is 0 Å². The van der Waals surface area contributed by atoms with Gasteiger partial charge in [0.25, 0.3) is 0 Å². The summed E-state index contributed by atoms with van der Waals surface area (Å²) in [7, 11) is 0. The maximum atomic E-state index is 5.32. The normalized spacial score (nSPS) is 15.6. The van der Waals surface area contributed by atoms with Gasteiger partial charge in [0.1, 0.15) is 0 Å². The number of unbranched alkanes of at least 4 members (excludes halogenated alkanes) is 1. The summed E-state index contributed by atoms with van der Waals surface area (Å²) < 4.78 is 5.32. The molecule has 0 amide bonds. The maximum absolute atomic E-state index is 5.32. The van der Waals surface area contributed by atoms with Crippen LogP contribution in [0.3, 0.4) is 0 Å². The van der Waals surface area contributed by atoms with Crippen molar-refractivity contribution in [3.63, 3.8) is 0 Å². The zero-order valence-electron chi connectivity index (χ0n) is 9.41. The van der Waals surface area contributed by atoms with Gasteiger partial charge in [-0.2, -0.15) is 0 Å². The number of nitrogens with zero attached hydrogens (tertiary/aromatic N) is 2. The molecule has 0 N–H and O–H groups in total. The van der Waals surface area contributed by atoms with E-state index >= 15 is 0 Å². The lowest BCUT2D eigenvalue weighted by Crippen LogP contribution is -2.28. The molecule has 1 rings (SSSR count). The van der Waals surface area contributed by atoms with Crippen LogP contribution in [0, 0.1) is 0 Å². The summed E-state index contributed by atoms with van der Waals surface area (Å²) in [5.41, 5.74) is 0. The molecule has 0 spiro atoms. The molecule has 82 valence electrons. The summed E-state index contributed by atoms with van der Waals surface area (Å²) in [6.07, 6.45) is 6.89. The lowest BCUT2D eigenvalue weighted by molar-refractivity contribution is 0.121. The predicted octanol–water partition coefficient (Wildman–Crippen LogP) is 1.87. The van der Waals surface area contributed by atoms with E-state index in [1.807, 2.05) is 6.92 Å². The van der Waals surface area contributed by atoms with E-state index in [2.05, 4.69) is 29.1 Å². The summed E-state index contributed by atoms with van der Waals surface area (Å²) in [6, 6.07) is 0. The van der Waals surface area contributed by atoms with Gasteiger partial charge in [-0.15, -0.1) is 0 Å². The summed E-state index contributed by atoms with van der Waals surface area (Å²) in [5.74, 6) is 0. The third kappa shape index (κ3) is 4.01. The topological polar surface area (TPSA) is 15.7 Å². The third-order valence-electron chi connectivity index (χ3n) is 2.38. The molecule has 0 radical (unpaired) electrons. The largest absolute Gasteiger partial charge is 0.380 e. The van der Waals surface area contributed by atoms with Gasteiger partial charge in [0.05, 0.1) is 13.3 Å². The number of ether oxygens (including phenoxy) is 1. The van der Waals surface area contributed by atoms with Crippen LogP contribution in [-0.2, 0) is 4.74 Å². The molecule has 1 aliphatic rings. The molecule has 0 aromatic carbocycles. The van der Waals surface area contributed by atoms with Crippen molar-refractivity contribution in [2.45, 2.75) is 26.7 Å². The first-order valence-corrected chi connectivity index (χ1v) is 5.61. The van der Waals surface area contributed by atoms with E-state index in [1.54, 1.807) is 0 Å². The fourth-order valence-electron chi connectivity index (χ4n) is 1.49. The van der Waals surface area contributed by atoms with Crippen LogP contribution in [0.15, 0.2) is 12.4 Å². The molecule has 1 aliphatic heterocycles. The Morgan fingerprint density at radius 1 is 1.14 bits per heavy atom. The van der Waals surface area contributed by atoms with Crippen LogP contribution in [-0.4, -0.2) is 42.8 Å². The molecule has 0 aromatic rings. The highest BCUT2D eigenvalue weighted by Gasteiger charge is 2.10. The van der Waals surface area contributed by atoms with Gasteiger partial charge in [-0.3, -0.25) is 0 Å². The van der Waals surface area contributed by atoms with E-state index in [4.69, 9.17) is 4.74 Å². The van der Waals surface area contributed by atoms with Gasteiger partial charge in [0.15, 0.2) is 0 Å². The zero-order valence-corrected chi connectivity index (χ0v) is 9.41. The maximum Gasteiger partial charge on any atom is 0.0894 e.